The van der Waals surface area contributed by atoms with E-state index in [0.717, 1.165) is 38.5 Å². The molecule has 25 heavy (non-hydrogen) atoms. The first-order chi connectivity index (χ1) is 12.2. The number of rotatable bonds is 6. The number of nitrogens with zero attached hydrogens (tertiary/aromatic N) is 2. The Morgan fingerprint density at radius 3 is 2.24 bits per heavy atom. The molecular formula is C20H23FN2O2. The quantitative estimate of drug-likeness (QED) is 0.755. The van der Waals surface area contributed by atoms with Gasteiger partial charge >= 0.3 is 0 Å². The lowest BCUT2D eigenvalue weighted by molar-refractivity contribution is 0.0962. The lowest BCUT2D eigenvalue weighted by Gasteiger charge is -2.36. The number of Topliss-reactive ketones (excluding diaryl/α,β-unsaturated/α-hetero) is 1. The summed E-state index contributed by atoms with van der Waals surface area (Å²) >= 11 is 0. The molecule has 1 fully saturated rings. The Hall–Kier alpha value is -2.40. The van der Waals surface area contributed by atoms with Gasteiger partial charge in [-0.05, 0) is 48.5 Å². The first kappa shape index (κ1) is 17.4. The van der Waals surface area contributed by atoms with Crippen molar-refractivity contribution in [3.05, 3.63) is 59.9 Å². The van der Waals surface area contributed by atoms with Crippen LogP contribution >= 0.6 is 0 Å². The normalized spacial score (nSPS) is 15.2. The van der Waals surface area contributed by atoms with E-state index in [-0.39, 0.29) is 11.6 Å². The summed E-state index contributed by atoms with van der Waals surface area (Å²) in [4.78, 5) is 16.8. The maximum Gasteiger partial charge on any atom is 0.164 e. The Kier molecular flexibility index (Phi) is 5.66. The van der Waals surface area contributed by atoms with Gasteiger partial charge in [0.15, 0.2) is 5.78 Å². The number of methoxy groups -OCH3 is 1. The zero-order chi connectivity index (χ0) is 17.6. The number of hydrogen-bond donors (Lipinski definition) is 0. The van der Waals surface area contributed by atoms with E-state index in [1.54, 1.807) is 19.2 Å². The molecule has 5 heteroatoms. The Labute approximate surface area is 147 Å². The summed E-state index contributed by atoms with van der Waals surface area (Å²) in [7, 11) is 1.67. The lowest BCUT2D eigenvalue weighted by Crippen LogP contribution is -2.46. The molecule has 0 saturated carbocycles. The molecule has 0 aliphatic carbocycles. The van der Waals surface area contributed by atoms with Crippen LogP contribution in [0.3, 0.4) is 0 Å². The molecule has 3 rings (SSSR count). The van der Waals surface area contributed by atoms with Gasteiger partial charge in [0.1, 0.15) is 11.6 Å². The highest BCUT2D eigenvalue weighted by Gasteiger charge is 2.18. The van der Waals surface area contributed by atoms with Gasteiger partial charge in [-0.25, -0.2) is 4.39 Å². The molecule has 1 aliphatic rings. The van der Waals surface area contributed by atoms with Gasteiger partial charge in [-0.2, -0.15) is 0 Å². The van der Waals surface area contributed by atoms with Crippen LogP contribution in [0.15, 0.2) is 48.5 Å². The fraction of sp³-hybridized carbons (Fsp3) is 0.350. The van der Waals surface area contributed by atoms with Crippen LogP contribution in [0, 0.1) is 5.82 Å². The predicted molar refractivity (Wildman–Crippen MR) is 97.0 cm³/mol. The van der Waals surface area contributed by atoms with Crippen molar-refractivity contribution < 1.29 is 13.9 Å². The predicted octanol–water partition coefficient (Wildman–Crippen LogP) is 3.23. The van der Waals surface area contributed by atoms with Gasteiger partial charge in [-0.1, -0.05) is 0 Å². The first-order valence-corrected chi connectivity index (χ1v) is 8.56. The minimum absolute atomic E-state index is 0.0672. The van der Waals surface area contributed by atoms with Crippen LogP contribution in [0.1, 0.15) is 16.8 Å². The molecule has 132 valence electrons. The highest BCUT2D eigenvalue weighted by molar-refractivity contribution is 5.96. The van der Waals surface area contributed by atoms with Gasteiger partial charge in [0.05, 0.1) is 7.11 Å². The zero-order valence-corrected chi connectivity index (χ0v) is 14.5. The fourth-order valence-electron chi connectivity index (χ4n) is 3.06. The summed E-state index contributed by atoms with van der Waals surface area (Å²) in [5, 5.41) is 0. The second-order valence-corrected chi connectivity index (χ2v) is 6.21. The van der Waals surface area contributed by atoms with E-state index in [2.05, 4.69) is 21.9 Å². The van der Waals surface area contributed by atoms with E-state index in [0.29, 0.717) is 12.0 Å². The van der Waals surface area contributed by atoms with Crippen LogP contribution in [-0.2, 0) is 0 Å². The second-order valence-electron chi connectivity index (χ2n) is 6.21. The highest BCUT2D eigenvalue weighted by Crippen LogP contribution is 2.20. The molecule has 4 nitrogen and oxygen atoms in total. The molecule has 2 aromatic carbocycles. The molecule has 1 heterocycles. The lowest BCUT2D eigenvalue weighted by atomic mass is 10.1. The number of piperazine rings is 1. The number of ketones is 1. The smallest absolute Gasteiger partial charge is 0.164 e. The van der Waals surface area contributed by atoms with Gasteiger partial charge in [0.25, 0.3) is 0 Å². The number of halogens is 1. The SMILES string of the molecule is COc1ccc(N2CCN(CCC(=O)c3ccc(F)cc3)CC2)cc1. The molecule has 0 radical (unpaired) electrons. The third kappa shape index (κ3) is 4.57. The molecular weight excluding hydrogens is 319 g/mol. The van der Waals surface area contributed by atoms with Crippen molar-refractivity contribution >= 4 is 11.5 Å². The summed E-state index contributed by atoms with van der Waals surface area (Å²) in [5.74, 6) is 0.616. The first-order valence-electron chi connectivity index (χ1n) is 8.56. The molecule has 0 bridgehead atoms. The molecule has 1 saturated heterocycles. The fourth-order valence-corrected chi connectivity index (χ4v) is 3.06. The van der Waals surface area contributed by atoms with Crippen molar-refractivity contribution in [2.24, 2.45) is 0 Å². The number of benzene rings is 2. The van der Waals surface area contributed by atoms with Crippen LogP contribution in [0.25, 0.3) is 0 Å². The van der Waals surface area contributed by atoms with Crippen LogP contribution < -0.4 is 9.64 Å². The monoisotopic (exact) mass is 342 g/mol. The van der Waals surface area contributed by atoms with Crippen LogP contribution in [0.2, 0.25) is 0 Å². The Bertz CT molecular complexity index is 693. The van der Waals surface area contributed by atoms with Gasteiger partial charge in [0.2, 0.25) is 0 Å². The van der Waals surface area contributed by atoms with E-state index in [1.807, 2.05) is 12.1 Å². The van der Waals surface area contributed by atoms with Gasteiger partial charge < -0.3 is 9.64 Å². The number of carbonyl (C=O) groups is 1. The minimum Gasteiger partial charge on any atom is -0.497 e. The van der Waals surface area contributed by atoms with Crippen molar-refractivity contribution in [1.29, 1.82) is 0 Å². The van der Waals surface area contributed by atoms with Crippen LogP contribution in [0.4, 0.5) is 10.1 Å². The van der Waals surface area contributed by atoms with Gasteiger partial charge in [-0.15, -0.1) is 0 Å². The standard InChI is InChI=1S/C20H23FN2O2/c1-25-19-8-6-18(7-9-19)23-14-12-22(13-15-23)11-10-20(24)16-2-4-17(21)5-3-16/h2-9H,10-15H2,1H3. The average Bonchev–Trinajstić information content (AvgIpc) is 2.67. The largest absolute Gasteiger partial charge is 0.497 e. The van der Waals surface area contributed by atoms with E-state index < -0.39 is 0 Å². The van der Waals surface area contributed by atoms with Crippen molar-refractivity contribution in [3.8, 4) is 5.75 Å². The summed E-state index contributed by atoms with van der Waals surface area (Å²) in [6.07, 6.45) is 0.466. The van der Waals surface area contributed by atoms with Crippen molar-refractivity contribution in [2.45, 2.75) is 6.42 Å². The highest BCUT2D eigenvalue weighted by atomic mass is 19.1. The third-order valence-corrected chi connectivity index (χ3v) is 4.63. The zero-order valence-electron chi connectivity index (χ0n) is 14.5. The number of anilines is 1. The Morgan fingerprint density at radius 1 is 1.00 bits per heavy atom. The van der Waals surface area contributed by atoms with E-state index in [9.17, 15) is 9.18 Å². The molecule has 0 N–H and O–H groups in total. The van der Waals surface area contributed by atoms with Gasteiger partial charge in [0, 0.05) is 50.4 Å². The Balaban J connectivity index is 1.45. The molecule has 0 aromatic heterocycles. The minimum atomic E-state index is -0.314. The molecule has 0 spiro atoms. The Morgan fingerprint density at radius 2 is 1.64 bits per heavy atom. The summed E-state index contributed by atoms with van der Waals surface area (Å²) in [5.41, 5.74) is 1.78. The third-order valence-electron chi connectivity index (χ3n) is 4.63. The average molecular weight is 342 g/mol. The number of carbonyl (C=O) groups excluding carboxylic acids is 1. The number of hydrogen-bond acceptors (Lipinski definition) is 4. The van der Waals surface area contributed by atoms with Crippen molar-refractivity contribution in [1.82, 2.24) is 4.90 Å². The maximum atomic E-state index is 12.9. The molecule has 0 atom stereocenters. The summed E-state index contributed by atoms with van der Waals surface area (Å²) in [6, 6.07) is 13.9. The topological polar surface area (TPSA) is 32.8 Å². The van der Waals surface area contributed by atoms with Gasteiger partial charge in [-0.3, -0.25) is 9.69 Å². The summed E-state index contributed by atoms with van der Waals surface area (Å²) in [6.45, 7) is 4.49. The number of ether oxygens (including phenoxy) is 1. The molecule has 2 aromatic rings. The molecule has 0 amide bonds. The van der Waals surface area contributed by atoms with Crippen LogP contribution in [-0.4, -0.2) is 50.5 Å². The molecule has 0 unspecified atom stereocenters. The van der Waals surface area contributed by atoms with E-state index in [4.69, 9.17) is 4.74 Å². The van der Waals surface area contributed by atoms with Crippen molar-refractivity contribution in [3.63, 3.8) is 0 Å². The maximum absolute atomic E-state index is 12.9. The molecule has 1 aliphatic heterocycles. The van der Waals surface area contributed by atoms with E-state index in [1.165, 1.54) is 17.8 Å². The van der Waals surface area contributed by atoms with Crippen LogP contribution in [0.5, 0.6) is 5.75 Å². The van der Waals surface area contributed by atoms with E-state index >= 15 is 0 Å². The van der Waals surface area contributed by atoms with Crippen molar-refractivity contribution in [2.75, 3.05) is 44.7 Å². The summed E-state index contributed by atoms with van der Waals surface area (Å²) < 4.78 is 18.1. The second kappa shape index (κ2) is 8.12.